The first kappa shape index (κ1) is 36.4. The van der Waals surface area contributed by atoms with Gasteiger partial charge in [0.2, 0.25) is 23.6 Å². The minimum atomic E-state index is -1.60. The van der Waals surface area contributed by atoms with Crippen molar-refractivity contribution in [3.63, 3.8) is 0 Å². The maximum atomic E-state index is 12.4. The molecule has 0 fully saturated rings. The predicted molar refractivity (Wildman–Crippen MR) is 135 cm³/mol. The Kier molecular flexibility index (Phi) is 17.7. The molecule has 40 heavy (non-hydrogen) atoms. The summed E-state index contributed by atoms with van der Waals surface area (Å²) >= 11 is 0. The second-order valence-corrected chi connectivity index (χ2v) is 10.5. The summed E-state index contributed by atoms with van der Waals surface area (Å²) in [5, 5.41) is 47.7. The highest BCUT2D eigenvalue weighted by Crippen LogP contribution is 2.23. The SMILES string of the molecule is NC(CCC(=O)NC(CSSCC(NC(=O)CCC(N)C(=O)O)C(=O)NCC(=O)[O-])C(=O)NCC(=O)O)C(=O)[O-]. The van der Waals surface area contributed by atoms with E-state index >= 15 is 0 Å². The zero-order chi connectivity index (χ0) is 30.8. The molecule has 0 aliphatic heterocycles. The van der Waals surface area contributed by atoms with Gasteiger partial charge in [-0.2, -0.15) is 0 Å². The lowest BCUT2D eigenvalue weighted by Gasteiger charge is -2.20. The summed E-state index contributed by atoms with van der Waals surface area (Å²) in [6.45, 7) is -1.61. The first-order valence-electron chi connectivity index (χ1n) is 11.4. The van der Waals surface area contributed by atoms with Crippen molar-refractivity contribution >= 4 is 69.1 Å². The average Bonchev–Trinajstić information content (AvgIpc) is 2.87. The quantitative estimate of drug-likeness (QED) is 0.0442. The van der Waals surface area contributed by atoms with Gasteiger partial charge in [0, 0.05) is 30.4 Å². The molecule has 0 bridgehead atoms. The zero-order valence-electron chi connectivity index (χ0n) is 20.9. The first-order valence-corrected chi connectivity index (χ1v) is 13.9. The molecule has 226 valence electrons. The summed E-state index contributed by atoms with van der Waals surface area (Å²) in [5.74, 6) is -9.51. The lowest BCUT2D eigenvalue weighted by molar-refractivity contribution is -0.308. The van der Waals surface area contributed by atoms with Crippen LogP contribution in [0.4, 0.5) is 0 Å². The molecule has 4 atom stereocenters. The van der Waals surface area contributed by atoms with Crippen molar-refractivity contribution in [1.82, 2.24) is 21.3 Å². The van der Waals surface area contributed by atoms with Gasteiger partial charge in [0.05, 0.1) is 18.5 Å². The van der Waals surface area contributed by atoms with Crippen LogP contribution in [0, 0.1) is 0 Å². The summed E-state index contributed by atoms with van der Waals surface area (Å²) < 4.78 is 0. The Morgan fingerprint density at radius 2 is 1.12 bits per heavy atom. The molecule has 0 aromatic carbocycles. The largest absolute Gasteiger partial charge is 0.548 e. The molecule has 0 saturated carbocycles. The summed E-state index contributed by atoms with van der Waals surface area (Å²) in [6, 6.07) is -5.34. The van der Waals surface area contributed by atoms with E-state index in [2.05, 4.69) is 16.0 Å². The van der Waals surface area contributed by atoms with Crippen LogP contribution in [0.5, 0.6) is 0 Å². The van der Waals surface area contributed by atoms with Crippen LogP contribution in [-0.4, -0.2) is 106 Å². The molecule has 0 spiro atoms. The number of carboxylic acids is 4. The first-order chi connectivity index (χ1) is 18.6. The fraction of sp³-hybridized carbons (Fsp3) is 0.600. The standard InChI is InChI=1S/C20H32N6O12S2/c21-9(19(35)36)1-3-13(27)25-11(17(33)23-5-15(29)30)7-39-40-8-12(18(34)24-6-16(31)32)26-14(28)4-2-10(22)20(37)38/h9-12H,1-8,21-22H2,(H,23,33)(H,24,34)(H,25,27)(H,26,28)(H,29,30)(H,31,32)(H,35,36)(H,37,38)/p-2. The molecule has 20 heteroatoms. The number of carbonyl (C=O) groups is 8. The highest BCUT2D eigenvalue weighted by Gasteiger charge is 2.25. The molecule has 10 N–H and O–H groups in total. The Bertz CT molecular complexity index is 879. The van der Waals surface area contributed by atoms with E-state index in [9.17, 15) is 48.6 Å². The van der Waals surface area contributed by atoms with Gasteiger partial charge >= 0.3 is 11.9 Å². The van der Waals surface area contributed by atoms with Crippen molar-refractivity contribution in [2.24, 2.45) is 11.5 Å². The number of nitrogens with two attached hydrogens (primary N) is 2. The minimum absolute atomic E-state index is 0.177. The van der Waals surface area contributed by atoms with Gasteiger partial charge in [-0.15, -0.1) is 0 Å². The second-order valence-electron chi connectivity index (χ2n) is 7.96. The lowest BCUT2D eigenvalue weighted by Crippen LogP contribution is -2.51. The predicted octanol–water partition coefficient (Wildman–Crippen LogP) is -6.55. The Hall–Kier alpha value is -3.62. The van der Waals surface area contributed by atoms with Gasteiger partial charge in [-0.25, -0.2) is 0 Å². The number of hydrogen-bond donors (Lipinski definition) is 8. The molecular weight excluding hydrogens is 580 g/mol. The van der Waals surface area contributed by atoms with E-state index in [1.165, 1.54) is 0 Å². The molecule has 4 unspecified atom stereocenters. The number of rotatable bonds is 21. The number of nitrogens with one attached hydrogen (secondary N) is 4. The Balaban J connectivity index is 5.18. The molecule has 0 aliphatic carbocycles. The third-order valence-corrected chi connectivity index (χ3v) is 7.08. The van der Waals surface area contributed by atoms with Gasteiger partial charge in [-0.05, 0) is 12.8 Å². The van der Waals surface area contributed by atoms with E-state index in [4.69, 9.17) is 21.7 Å². The number of amides is 4. The van der Waals surface area contributed by atoms with E-state index in [0.29, 0.717) is 0 Å². The fourth-order valence-corrected chi connectivity index (χ4v) is 4.84. The summed E-state index contributed by atoms with van der Waals surface area (Å²) in [6.07, 6.45) is -1.26. The van der Waals surface area contributed by atoms with Gasteiger partial charge in [-0.3, -0.25) is 28.8 Å². The summed E-state index contributed by atoms with van der Waals surface area (Å²) in [4.78, 5) is 91.9. The lowest BCUT2D eigenvalue weighted by atomic mass is 10.1. The van der Waals surface area contributed by atoms with E-state index in [1.807, 2.05) is 5.32 Å². The number of hydrogen-bond acceptors (Lipinski definition) is 14. The van der Waals surface area contributed by atoms with Gasteiger partial charge in [0.15, 0.2) is 0 Å². The summed E-state index contributed by atoms with van der Waals surface area (Å²) in [7, 11) is 1.84. The highest BCUT2D eigenvalue weighted by atomic mass is 33.1. The van der Waals surface area contributed by atoms with E-state index in [0.717, 1.165) is 21.6 Å². The Morgan fingerprint density at radius 1 is 0.700 bits per heavy atom. The van der Waals surface area contributed by atoms with Crippen molar-refractivity contribution in [3.8, 4) is 0 Å². The topological polar surface area (TPSA) is 323 Å². The maximum absolute atomic E-state index is 12.4. The van der Waals surface area contributed by atoms with Crippen molar-refractivity contribution in [3.05, 3.63) is 0 Å². The van der Waals surface area contributed by atoms with Crippen LogP contribution in [0.2, 0.25) is 0 Å². The van der Waals surface area contributed by atoms with Gasteiger partial charge in [0.25, 0.3) is 0 Å². The van der Waals surface area contributed by atoms with Gasteiger partial charge in [0.1, 0.15) is 24.7 Å². The molecule has 0 saturated heterocycles. The van der Waals surface area contributed by atoms with Crippen LogP contribution in [0.25, 0.3) is 0 Å². The molecular formula is C20H30N6O12S2-2. The van der Waals surface area contributed by atoms with Crippen molar-refractivity contribution in [2.45, 2.75) is 49.9 Å². The van der Waals surface area contributed by atoms with E-state index < -0.39 is 84.8 Å². The Labute approximate surface area is 235 Å². The monoisotopic (exact) mass is 610 g/mol. The van der Waals surface area contributed by atoms with Gasteiger partial charge in [-0.1, -0.05) is 21.6 Å². The van der Waals surface area contributed by atoms with E-state index in [1.54, 1.807) is 0 Å². The normalized spacial score (nSPS) is 13.6. The van der Waals surface area contributed by atoms with Crippen molar-refractivity contribution < 1.29 is 58.8 Å². The fourth-order valence-electron chi connectivity index (χ4n) is 2.51. The minimum Gasteiger partial charge on any atom is -0.548 e. The molecule has 0 aliphatic rings. The molecule has 0 aromatic heterocycles. The molecule has 0 heterocycles. The van der Waals surface area contributed by atoms with Crippen LogP contribution in [0.3, 0.4) is 0 Å². The smallest absolute Gasteiger partial charge is 0.322 e. The highest BCUT2D eigenvalue weighted by molar-refractivity contribution is 8.76. The Morgan fingerprint density at radius 3 is 1.50 bits per heavy atom. The maximum Gasteiger partial charge on any atom is 0.322 e. The van der Waals surface area contributed by atoms with Crippen molar-refractivity contribution in [2.75, 3.05) is 24.6 Å². The summed E-state index contributed by atoms with van der Waals surface area (Å²) in [5.41, 5.74) is 10.6. The molecule has 0 aromatic rings. The number of aliphatic carboxylic acids is 4. The molecule has 18 nitrogen and oxygen atoms in total. The molecule has 0 rings (SSSR count). The zero-order valence-corrected chi connectivity index (χ0v) is 22.5. The molecule has 4 amide bonds. The van der Waals surface area contributed by atoms with Crippen LogP contribution < -0.4 is 42.9 Å². The van der Waals surface area contributed by atoms with Crippen molar-refractivity contribution in [1.29, 1.82) is 0 Å². The van der Waals surface area contributed by atoms with Crippen LogP contribution in [0.1, 0.15) is 25.7 Å². The number of carbonyl (C=O) groups excluding carboxylic acids is 6. The van der Waals surface area contributed by atoms with Crippen LogP contribution >= 0.6 is 21.6 Å². The number of carboxylic acid groups (broad SMARTS) is 4. The average molecular weight is 611 g/mol. The third kappa shape index (κ3) is 17.1. The second kappa shape index (κ2) is 19.4. The third-order valence-electron chi connectivity index (χ3n) is 4.66. The van der Waals surface area contributed by atoms with Crippen LogP contribution in [0.15, 0.2) is 0 Å². The van der Waals surface area contributed by atoms with Crippen LogP contribution in [-0.2, 0) is 38.4 Å². The van der Waals surface area contributed by atoms with E-state index in [-0.39, 0.29) is 37.2 Å². The molecule has 0 radical (unpaired) electrons. The van der Waals surface area contributed by atoms with Gasteiger partial charge < -0.3 is 62.7 Å².